The molecule has 0 spiro atoms. The van der Waals surface area contributed by atoms with Crippen LogP contribution in [0.25, 0.3) is 0 Å². The molecule has 0 saturated heterocycles. The average molecular weight is 357 g/mol. The number of aryl methyl sites for hydroxylation is 1. The minimum Gasteiger partial charge on any atom is -0.428 e. The Morgan fingerprint density at radius 3 is 2.40 bits per heavy atom. The summed E-state index contributed by atoms with van der Waals surface area (Å²) in [6.45, 7) is 3.16. The van der Waals surface area contributed by atoms with Crippen molar-refractivity contribution >= 4 is 17.4 Å². The lowest BCUT2D eigenvalue weighted by atomic mass is 10.2. The maximum Gasteiger partial charge on any atom is 0.461 e. The summed E-state index contributed by atoms with van der Waals surface area (Å²) in [5.41, 5.74) is 0.320. The number of rotatable bonds is 6. The third-order valence-corrected chi connectivity index (χ3v) is 3.15. The number of carbonyl (C=O) groups excluding carboxylic acids is 1. The van der Waals surface area contributed by atoms with E-state index in [1.807, 2.05) is 6.92 Å². The number of benzene rings is 1. The summed E-state index contributed by atoms with van der Waals surface area (Å²) in [6.07, 6.45) is -6.48. The number of nitrogens with zero attached hydrogens (tertiary/aromatic N) is 3. The third-order valence-electron chi connectivity index (χ3n) is 3.15. The summed E-state index contributed by atoms with van der Waals surface area (Å²) in [5.74, 6) is 0.0213. The quantitative estimate of drug-likeness (QED) is 0.735. The minimum absolute atomic E-state index is 0.311. The lowest BCUT2D eigenvalue weighted by Crippen LogP contribution is -2.33. The fourth-order valence-corrected chi connectivity index (χ4v) is 2.02. The van der Waals surface area contributed by atoms with Gasteiger partial charge in [0.1, 0.15) is 17.4 Å². The van der Waals surface area contributed by atoms with Crippen LogP contribution in [0.4, 0.5) is 29.1 Å². The van der Waals surface area contributed by atoms with Crippen LogP contribution >= 0.6 is 0 Å². The number of amides is 1. The molecule has 0 aliphatic heterocycles. The van der Waals surface area contributed by atoms with E-state index in [0.717, 1.165) is 12.1 Å². The molecule has 0 N–H and O–H groups in total. The van der Waals surface area contributed by atoms with Gasteiger partial charge in [-0.05, 0) is 30.3 Å². The minimum atomic E-state index is -4.59. The Bertz CT molecular complexity index is 738. The largest absolute Gasteiger partial charge is 0.461 e. The third kappa shape index (κ3) is 4.43. The first-order valence-corrected chi connectivity index (χ1v) is 7.32. The molecule has 1 aromatic heterocycles. The molecule has 0 fully saturated rings. The van der Waals surface area contributed by atoms with E-state index in [1.165, 1.54) is 36.2 Å². The standard InChI is InChI=1S/C16H15F4N3O2/c1-3-13-21-9-8-14(22-13)23(10(2)24)11-4-6-12(7-5-11)25-16(19,20)15(17)18/h4-9,15H,3H2,1-2H3. The molecule has 0 unspecified atom stereocenters. The van der Waals surface area contributed by atoms with Crippen molar-refractivity contribution in [1.29, 1.82) is 0 Å². The van der Waals surface area contributed by atoms with Gasteiger partial charge in [0.05, 0.1) is 5.69 Å². The van der Waals surface area contributed by atoms with Gasteiger partial charge in [0, 0.05) is 19.5 Å². The molecule has 25 heavy (non-hydrogen) atoms. The predicted molar refractivity (Wildman–Crippen MR) is 82.3 cm³/mol. The fraction of sp³-hybridized carbons (Fsp3) is 0.312. The summed E-state index contributed by atoms with van der Waals surface area (Å²) < 4.78 is 54.1. The lowest BCUT2D eigenvalue weighted by molar-refractivity contribution is -0.253. The van der Waals surface area contributed by atoms with Gasteiger partial charge >= 0.3 is 12.5 Å². The van der Waals surface area contributed by atoms with Crippen LogP contribution in [0.1, 0.15) is 19.7 Å². The normalized spacial score (nSPS) is 11.5. The first kappa shape index (κ1) is 18.6. The van der Waals surface area contributed by atoms with Crippen molar-refractivity contribution in [1.82, 2.24) is 9.97 Å². The number of ether oxygens (including phenoxy) is 1. The number of anilines is 2. The summed E-state index contributed by atoms with van der Waals surface area (Å²) in [6, 6.07) is 6.26. The Morgan fingerprint density at radius 2 is 1.88 bits per heavy atom. The van der Waals surface area contributed by atoms with Gasteiger partial charge in [-0.1, -0.05) is 6.92 Å². The molecule has 1 amide bonds. The molecule has 1 aromatic carbocycles. The molecule has 0 aliphatic carbocycles. The number of alkyl halides is 4. The topological polar surface area (TPSA) is 55.3 Å². The highest BCUT2D eigenvalue weighted by atomic mass is 19.3. The van der Waals surface area contributed by atoms with Crippen molar-refractivity contribution in [2.24, 2.45) is 0 Å². The van der Waals surface area contributed by atoms with Crippen molar-refractivity contribution in [2.45, 2.75) is 32.8 Å². The summed E-state index contributed by atoms with van der Waals surface area (Å²) >= 11 is 0. The van der Waals surface area contributed by atoms with Crippen LogP contribution in [0.15, 0.2) is 36.5 Å². The first-order valence-electron chi connectivity index (χ1n) is 7.32. The molecule has 1 heterocycles. The summed E-state index contributed by atoms with van der Waals surface area (Å²) in [5, 5.41) is 0. The van der Waals surface area contributed by atoms with Crippen LogP contribution in [0.3, 0.4) is 0 Å². The van der Waals surface area contributed by atoms with Gasteiger partial charge in [-0.3, -0.25) is 9.69 Å². The van der Waals surface area contributed by atoms with E-state index in [4.69, 9.17) is 0 Å². The van der Waals surface area contributed by atoms with Crippen LogP contribution in [0.5, 0.6) is 5.75 Å². The molecule has 0 radical (unpaired) electrons. The van der Waals surface area contributed by atoms with Crippen molar-refractivity contribution in [3.05, 3.63) is 42.4 Å². The van der Waals surface area contributed by atoms with Gasteiger partial charge in [-0.2, -0.15) is 17.6 Å². The monoisotopic (exact) mass is 357 g/mol. The van der Waals surface area contributed by atoms with E-state index in [2.05, 4.69) is 14.7 Å². The SMILES string of the molecule is CCc1nccc(N(C(C)=O)c2ccc(OC(F)(F)C(F)F)cc2)n1. The number of hydrogen-bond acceptors (Lipinski definition) is 4. The lowest BCUT2D eigenvalue weighted by Gasteiger charge is -2.21. The van der Waals surface area contributed by atoms with Crippen molar-refractivity contribution in [3.63, 3.8) is 0 Å². The van der Waals surface area contributed by atoms with Gasteiger partial charge in [-0.25, -0.2) is 9.97 Å². The number of carbonyl (C=O) groups is 1. The molecular formula is C16H15F4N3O2. The molecule has 0 atom stereocenters. The second kappa shape index (κ2) is 7.45. The highest BCUT2D eigenvalue weighted by Crippen LogP contribution is 2.30. The maximum absolute atomic E-state index is 12.9. The fourth-order valence-electron chi connectivity index (χ4n) is 2.02. The summed E-state index contributed by atoms with van der Waals surface area (Å²) in [4.78, 5) is 21.5. The average Bonchev–Trinajstić information content (AvgIpc) is 2.56. The Hall–Kier alpha value is -2.71. The van der Waals surface area contributed by atoms with E-state index >= 15 is 0 Å². The van der Waals surface area contributed by atoms with Gasteiger partial charge < -0.3 is 4.74 Å². The van der Waals surface area contributed by atoms with Crippen LogP contribution in [-0.2, 0) is 11.2 Å². The summed E-state index contributed by atoms with van der Waals surface area (Å²) in [7, 11) is 0. The van der Waals surface area contributed by atoms with Crippen molar-refractivity contribution < 1.29 is 27.1 Å². The molecule has 0 aliphatic rings. The Kier molecular flexibility index (Phi) is 5.55. The molecule has 134 valence electrons. The predicted octanol–water partition coefficient (Wildman–Crippen LogP) is 3.96. The van der Waals surface area contributed by atoms with Gasteiger partial charge in [0.25, 0.3) is 0 Å². The number of aromatic nitrogens is 2. The van der Waals surface area contributed by atoms with E-state index in [9.17, 15) is 22.4 Å². The second-order valence-electron chi connectivity index (χ2n) is 5.00. The van der Waals surface area contributed by atoms with Gasteiger partial charge in [0.15, 0.2) is 0 Å². The van der Waals surface area contributed by atoms with E-state index in [-0.39, 0.29) is 5.91 Å². The van der Waals surface area contributed by atoms with Crippen LogP contribution < -0.4 is 9.64 Å². The van der Waals surface area contributed by atoms with Crippen molar-refractivity contribution in [3.8, 4) is 5.75 Å². The van der Waals surface area contributed by atoms with Crippen LogP contribution in [0, 0.1) is 0 Å². The number of halogens is 4. The van der Waals surface area contributed by atoms with E-state index in [1.54, 1.807) is 0 Å². The molecule has 2 rings (SSSR count). The Labute approximate surface area is 141 Å². The first-order chi connectivity index (χ1) is 11.7. The molecule has 9 heteroatoms. The van der Waals surface area contributed by atoms with E-state index in [0.29, 0.717) is 23.8 Å². The zero-order valence-electron chi connectivity index (χ0n) is 13.4. The highest BCUT2D eigenvalue weighted by Gasteiger charge is 2.43. The molecule has 5 nitrogen and oxygen atoms in total. The number of hydrogen-bond donors (Lipinski definition) is 0. The second-order valence-corrected chi connectivity index (χ2v) is 5.00. The molecule has 0 bridgehead atoms. The van der Waals surface area contributed by atoms with Crippen LogP contribution in [-0.4, -0.2) is 28.4 Å². The molecule has 2 aromatic rings. The molecular weight excluding hydrogens is 342 g/mol. The Morgan fingerprint density at radius 1 is 1.24 bits per heavy atom. The van der Waals surface area contributed by atoms with Crippen LogP contribution in [0.2, 0.25) is 0 Å². The van der Waals surface area contributed by atoms with E-state index < -0.39 is 18.3 Å². The maximum atomic E-state index is 12.9. The van der Waals surface area contributed by atoms with Crippen molar-refractivity contribution in [2.75, 3.05) is 4.90 Å². The van der Waals surface area contributed by atoms with Gasteiger partial charge in [-0.15, -0.1) is 0 Å². The highest BCUT2D eigenvalue weighted by molar-refractivity contribution is 5.98. The smallest absolute Gasteiger partial charge is 0.428 e. The Balaban J connectivity index is 2.29. The zero-order valence-corrected chi connectivity index (χ0v) is 13.4. The molecule has 0 saturated carbocycles. The van der Waals surface area contributed by atoms with Gasteiger partial charge in [0.2, 0.25) is 5.91 Å². The zero-order chi connectivity index (χ0) is 18.6.